The molecule has 1 aliphatic carbocycles. The second-order valence-corrected chi connectivity index (χ2v) is 13.6. The zero-order valence-corrected chi connectivity index (χ0v) is 26.4. The Bertz CT molecular complexity index is 1480. The molecule has 1 fully saturated rings. The highest BCUT2D eigenvalue weighted by molar-refractivity contribution is 9.10. The van der Waals surface area contributed by atoms with Crippen LogP contribution in [0.3, 0.4) is 0 Å². The molecule has 4 rings (SSSR count). The lowest BCUT2D eigenvalue weighted by Crippen LogP contribution is -2.53. The molecule has 1 saturated carbocycles. The van der Waals surface area contributed by atoms with E-state index in [1.165, 1.54) is 17.0 Å². The normalized spacial score (nSPS) is 14.7. The van der Waals surface area contributed by atoms with Crippen LogP contribution in [0.25, 0.3) is 0 Å². The number of hydrogen-bond acceptors (Lipinski definition) is 4. The van der Waals surface area contributed by atoms with E-state index in [0.717, 1.165) is 42.0 Å². The Morgan fingerprint density at radius 1 is 1.00 bits per heavy atom. The van der Waals surface area contributed by atoms with Crippen LogP contribution in [0.2, 0.25) is 5.02 Å². The lowest BCUT2D eigenvalue weighted by molar-refractivity contribution is -0.139. The maximum absolute atomic E-state index is 14.1. The number of nitrogens with one attached hydrogen (secondary N) is 1. The first-order valence-corrected chi connectivity index (χ1v) is 16.4. The molecule has 2 amide bonds. The van der Waals surface area contributed by atoms with Gasteiger partial charge in [0.25, 0.3) is 10.0 Å². The molecule has 3 aromatic carbocycles. The number of amides is 2. The molecule has 0 radical (unpaired) electrons. The molecule has 218 valence electrons. The predicted octanol–water partition coefficient (Wildman–Crippen LogP) is 6.47. The van der Waals surface area contributed by atoms with Crippen molar-refractivity contribution in [1.29, 1.82) is 0 Å². The van der Waals surface area contributed by atoms with E-state index in [-0.39, 0.29) is 23.4 Å². The molecule has 0 heterocycles. The summed E-state index contributed by atoms with van der Waals surface area (Å²) in [5.74, 6) is -0.792. The summed E-state index contributed by atoms with van der Waals surface area (Å²) in [4.78, 5) is 29.0. The summed E-state index contributed by atoms with van der Waals surface area (Å²) in [5.41, 5.74) is 1.90. The number of carbonyl (C=O) groups excluding carboxylic acids is 2. The highest BCUT2D eigenvalue weighted by Crippen LogP contribution is 2.28. The van der Waals surface area contributed by atoms with Crippen LogP contribution in [0.1, 0.15) is 50.2 Å². The highest BCUT2D eigenvalue weighted by Gasteiger charge is 2.33. The summed E-state index contributed by atoms with van der Waals surface area (Å²) in [5, 5.41) is 3.56. The summed E-state index contributed by atoms with van der Waals surface area (Å²) < 4.78 is 29.6. The minimum absolute atomic E-state index is 0.0503. The van der Waals surface area contributed by atoms with Gasteiger partial charge in [-0.05, 0) is 68.7 Å². The lowest BCUT2D eigenvalue weighted by atomic mass is 9.95. The summed E-state index contributed by atoms with van der Waals surface area (Å²) in [6, 6.07) is 19.6. The van der Waals surface area contributed by atoms with Crippen LogP contribution in [0.4, 0.5) is 5.69 Å². The first-order chi connectivity index (χ1) is 19.6. The molecule has 1 aliphatic rings. The van der Waals surface area contributed by atoms with E-state index in [0.29, 0.717) is 20.7 Å². The minimum atomic E-state index is -4.13. The first-order valence-electron chi connectivity index (χ1n) is 13.7. The Kier molecular flexibility index (Phi) is 10.5. The van der Waals surface area contributed by atoms with Gasteiger partial charge in [0.2, 0.25) is 11.8 Å². The van der Waals surface area contributed by atoms with Crippen LogP contribution < -0.4 is 9.62 Å². The van der Waals surface area contributed by atoms with Gasteiger partial charge in [-0.2, -0.15) is 0 Å². The minimum Gasteiger partial charge on any atom is -0.352 e. The van der Waals surface area contributed by atoms with Crippen molar-refractivity contribution >= 4 is 55.1 Å². The Morgan fingerprint density at radius 2 is 1.68 bits per heavy atom. The molecular weight excluding hydrogens is 626 g/mol. The van der Waals surface area contributed by atoms with Gasteiger partial charge in [0.1, 0.15) is 12.6 Å². The van der Waals surface area contributed by atoms with Crippen LogP contribution >= 0.6 is 27.5 Å². The van der Waals surface area contributed by atoms with Crippen LogP contribution in [0.5, 0.6) is 0 Å². The van der Waals surface area contributed by atoms with Crippen LogP contribution in [0, 0.1) is 6.92 Å². The average Bonchev–Trinajstić information content (AvgIpc) is 2.95. The van der Waals surface area contributed by atoms with E-state index >= 15 is 0 Å². The lowest BCUT2D eigenvalue weighted by Gasteiger charge is -2.33. The molecule has 0 aliphatic heterocycles. The van der Waals surface area contributed by atoms with Gasteiger partial charge in [-0.25, -0.2) is 8.42 Å². The molecule has 41 heavy (non-hydrogen) atoms. The van der Waals surface area contributed by atoms with Gasteiger partial charge >= 0.3 is 0 Å². The molecule has 0 unspecified atom stereocenters. The number of nitrogens with zero attached hydrogens (tertiary/aromatic N) is 2. The van der Waals surface area contributed by atoms with E-state index in [2.05, 4.69) is 21.2 Å². The van der Waals surface area contributed by atoms with Crippen molar-refractivity contribution in [1.82, 2.24) is 10.2 Å². The van der Waals surface area contributed by atoms with Gasteiger partial charge in [0.05, 0.1) is 10.6 Å². The third-order valence-electron chi connectivity index (χ3n) is 7.40. The molecular formula is C31H35BrClN3O4S. The third kappa shape index (κ3) is 7.90. The number of anilines is 1. The monoisotopic (exact) mass is 659 g/mol. The van der Waals surface area contributed by atoms with Crippen molar-refractivity contribution in [2.45, 2.75) is 69.5 Å². The zero-order valence-electron chi connectivity index (χ0n) is 23.2. The van der Waals surface area contributed by atoms with E-state index < -0.39 is 28.5 Å². The summed E-state index contributed by atoms with van der Waals surface area (Å²) in [6.07, 6.45) is 5.07. The number of halogens is 2. The summed E-state index contributed by atoms with van der Waals surface area (Å²) in [7, 11) is -4.13. The molecule has 0 spiro atoms. The smallest absolute Gasteiger partial charge is 0.264 e. The maximum atomic E-state index is 14.1. The van der Waals surface area contributed by atoms with Crippen molar-refractivity contribution < 1.29 is 18.0 Å². The number of aryl methyl sites for hydroxylation is 1. The second kappa shape index (κ2) is 13.9. The second-order valence-electron chi connectivity index (χ2n) is 10.4. The molecule has 1 atom stereocenters. The van der Waals surface area contributed by atoms with Crippen molar-refractivity contribution in [3.8, 4) is 0 Å². The Balaban J connectivity index is 1.68. The van der Waals surface area contributed by atoms with Crippen molar-refractivity contribution in [3.63, 3.8) is 0 Å². The quantitative estimate of drug-likeness (QED) is 0.270. The maximum Gasteiger partial charge on any atom is 0.264 e. The molecule has 0 saturated heterocycles. The fourth-order valence-corrected chi connectivity index (χ4v) is 6.95. The van der Waals surface area contributed by atoms with Gasteiger partial charge < -0.3 is 10.2 Å². The summed E-state index contributed by atoms with van der Waals surface area (Å²) in [6.45, 7) is 3.09. The fourth-order valence-electron chi connectivity index (χ4n) is 4.96. The number of sulfonamides is 1. The zero-order chi connectivity index (χ0) is 29.6. The van der Waals surface area contributed by atoms with E-state index in [1.807, 2.05) is 13.0 Å². The molecule has 1 N–H and O–H groups in total. The van der Waals surface area contributed by atoms with Crippen LogP contribution in [-0.4, -0.2) is 43.8 Å². The Hall–Kier alpha value is -2.88. The molecule has 0 aromatic heterocycles. The Morgan fingerprint density at radius 3 is 2.34 bits per heavy atom. The Labute approximate surface area is 256 Å². The number of hydrogen-bond donors (Lipinski definition) is 1. The average molecular weight is 661 g/mol. The largest absolute Gasteiger partial charge is 0.352 e. The topological polar surface area (TPSA) is 86.8 Å². The predicted molar refractivity (Wildman–Crippen MR) is 166 cm³/mol. The highest BCUT2D eigenvalue weighted by atomic mass is 79.9. The molecule has 0 bridgehead atoms. The fraction of sp³-hybridized carbons (Fsp3) is 0.355. The molecule has 7 nitrogen and oxygen atoms in total. The number of carbonyl (C=O) groups is 2. The van der Waals surface area contributed by atoms with Crippen molar-refractivity contribution in [2.24, 2.45) is 0 Å². The number of benzene rings is 3. The summed E-state index contributed by atoms with van der Waals surface area (Å²) >= 11 is 9.86. The standard InChI is InChI=1S/C31H35BrClN3O4S/c1-22-15-17-28(18-16-22)41(39,40)36(27-13-8-10-25(32)19-27)21-30(37)35(20-24-9-6-7-14-29(24)33)23(2)31(38)34-26-11-4-3-5-12-26/h6-10,13-19,23,26H,3-5,11-12,20-21H2,1-2H3,(H,34,38)/t23-/m0/s1. The molecule has 3 aromatic rings. The van der Waals surface area contributed by atoms with E-state index in [1.54, 1.807) is 61.5 Å². The van der Waals surface area contributed by atoms with Crippen molar-refractivity contribution in [3.05, 3.63) is 93.4 Å². The molecule has 10 heteroatoms. The van der Waals surface area contributed by atoms with Gasteiger partial charge in [0.15, 0.2) is 0 Å². The van der Waals surface area contributed by atoms with Gasteiger partial charge in [-0.15, -0.1) is 0 Å². The van der Waals surface area contributed by atoms with Crippen LogP contribution in [-0.2, 0) is 26.2 Å². The van der Waals surface area contributed by atoms with E-state index in [4.69, 9.17) is 11.6 Å². The third-order valence-corrected chi connectivity index (χ3v) is 10.1. The SMILES string of the molecule is Cc1ccc(S(=O)(=O)N(CC(=O)N(Cc2ccccc2Cl)[C@@H](C)C(=O)NC2CCCCC2)c2cccc(Br)c2)cc1. The van der Waals surface area contributed by atoms with Gasteiger partial charge in [0, 0.05) is 22.1 Å². The number of rotatable bonds is 10. The first kappa shape index (κ1) is 31.1. The van der Waals surface area contributed by atoms with E-state index in [9.17, 15) is 18.0 Å². The van der Waals surface area contributed by atoms with Crippen molar-refractivity contribution in [2.75, 3.05) is 10.8 Å². The van der Waals surface area contributed by atoms with Crippen LogP contribution in [0.15, 0.2) is 82.2 Å². The van der Waals surface area contributed by atoms with Gasteiger partial charge in [-0.3, -0.25) is 13.9 Å². The van der Waals surface area contributed by atoms with Gasteiger partial charge in [-0.1, -0.05) is 88.8 Å².